The molecule has 0 fully saturated rings. The van der Waals surface area contributed by atoms with Gasteiger partial charge in [0.25, 0.3) is 0 Å². The average Bonchev–Trinajstić information content (AvgIpc) is 2.40. The summed E-state index contributed by atoms with van der Waals surface area (Å²) in [5.41, 5.74) is 3.26. The summed E-state index contributed by atoms with van der Waals surface area (Å²) in [5.74, 6) is -0.159. The Balaban J connectivity index is 2.93. The van der Waals surface area contributed by atoms with E-state index in [9.17, 15) is 4.79 Å². The summed E-state index contributed by atoms with van der Waals surface area (Å²) in [6, 6.07) is 10.2. The lowest BCUT2D eigenvalue weighted by Crippen LogP contribution is -2.10. The first-order valence-electron chi connectivity index (χ1n) is 6.64. The van der Waals surface area contributed by atoms with Gasteiger partial charge in [0, 0.05) is 5.57 Å². The standard InChI is InChI=1S/C16H22O2/c1-4-14(12-13-10-8-7-9-11-13)15(5-2)16(17)18-6-3/h7-11H,4-6,12H2,1-3H3. The van der Waals surface area contributed by atoms with Crippen LogP contribution in [0.2, 0.25) is 0 Å². The molecule has 1 aromatic rings. The van der Waals surface area contributed by atoms with Gasteiger partial charge in [0.1, 0.15) is 0 Å². The number of hydrogen-bond acceptors (Lipinski definition) is 2. The predicted molar refractivity (Wildman–Crippen MR) is 74.4 cm³/mol. The highest BCUT2D eigenvalue weighted by atomic mass is 16.5. The summed E-state index contributed by atoms with van der Waals surface area (Å²) >= 11 is 0. The second-order valence-corrected chi connectivity index (χ2v) is 4.17. The van der Waals surface area contributed by atoms with Crippen LogP contribution in [-0.4, -0.2) is 12.6 Å². The Hall–Kier alpha value is -1.57. The number of rotatable bonds is 6. The molecule has 0 aliphatic heterocycles. The number of esters is 1. The van der Waals surface area contributed by atoms with Crippen molar-refractivity contribution in [2.45, 2.75) is 40.0 Å². The molecule has 0 radical (unpaired) electrons. The minimum absolute atomic E-state index is 0.159. The van der Waals surface area contributed by atoms with Crippen LogP contribution in [0.1, 0.15) is 39.2 Å². The number of carbonyl (C=O) groups is 1. The van der Waals surface area contributed by atoms with Crippen LogP contribution in [0.3, 0.4) is 0 Å². The Morgan fingerprint density at radius 1 is 1.06 bits per heavy atom. The van der Waals surface area contributed by atoms with Crippen molar-refractivity contribution >= 4 is 5.97 Å². The smallest absolute Gasteiger partial charge is 0.333 e. The largest absolute Gasteiger partial charge is 0.463 e. The zero-order valence-electron chi connectivity index (χ0n) is 11.5. The van der Waals surface area contributed by atoms with Crippen LogP contribution < -0.4 is 0 Å². The van der Waals surface area contributed by atoms with E-state index in [0.29, 0.717) is 6.61 Å². The van der Waals surface area contributed by atoms with Gasteiger partial charge in [-0.25, -0.2) is 4.79 Å². The van der Waals surface area contributed by atoms with E-state index in [-0.39, 0.29) is 5.97 Å². The molecule has 0 atom stereocenters. The fourth-order valence-electron chi connectivity index (χ4n) is 2.04. The Bertz CT molecular complexity index is 404. The van der Waals surface area contributed by atoms with Crippen molar-refractivity contribution in [2.24, 2.45) is 0 Å². The number of benzene rings is 1. The summed E-state index contributed by atoms with van der Waals surface area (Å²) in [7, 11) is 0. The van der Waals surface area contributed by atoms with Crippen LogP contribution in [0.25, 0.3) is 0 Å². The van der Waals surface area contributed by atoms with Crippen molar-refractivity contribution in [1.82, 2.24) is 0 Å². The van der Waals surface area contributed by atoms with Gasteiger partial charge >= 0.3 is 5.97 Å². The third-order valence-electron chi connectivity index (χ3n) is 2.99. The van der Waals surface area contributed by atoms with E-state index < -0.39 is 0 Å². The van der Waals surface area contributed by atoms with Gasteiger partial charge in [-0.1, -0.05) is 49.8 Å². The van der Waals surface area contributed by atoms with Gasteiger partial charge in [0.2, 0.25) is 0 Å². The third-order valence-corrected chi connectivity index (χ3v) is 2.99. The molecule has 98 valence electrons. The molecule has 0 amide bonds. The second-order valence-electron chi connectivity index (χ2n) is 4.17. The zero-order chi connectivity index (χ0) is 13.4. The molecule has 18 heavy (non-hydrogen) atoms. The van der Waals surface area contributed by atoms with Gasteiger partial charge in [0.15, 0.2) is 0 Å². The molecule has 0 aliphatic carbocycles. The van der Waals surface area contributed by atoms with Crippen molar-refractivity contribution in [3.8, 4) is 0 Å². The van der Waals surface area contributed by atoms with E-state index in [2.05, 4.69) is 19.1 Å². The molecule has 2 nitrogen and oxygen atoms in total. The summed E-state index contributed by atoms with van der Waals surface area (Å²) in [6.07, 6.45) is 2.45. The molecule has 0 N–H and O–H groups in total. The van der Waals surface area contributed by atoms with E-state index in [1.54, 1.807) is 0 Å². The maximum Gasteiger partial charge on any atom is 0.333 e. The molecule has 1 rings (SSSR count). The van der Waals surface area contributed by atoms with Gasteiger partial charge in [-0.15, -0.1) is 0 Å². The molecule has 0 saturated heterocycles. The lowest BCUT2D eigenvalue weighted by Gasteiger charge is -2.12. The minimum atomic E-state index is -0.159. The second kappa shape index (κ2) is 7.70. The Morgan fingerprint density at radius 2 is 1.72 bits per heavy atom. The highest BCUT2D eigenvalue weighted by Crippen LogP contribution is 2.19. The number of carbonyl (C=O) groups excluding carboxylic acids is 1. The first kappa shape index (κ1) is 14.5. The molecule has 0 unspecified atom stereocenters. The van der Waals surface area contributed by atoms with Crippen molar-refractivity contribution in [1.29, 1.82) is 0 Å². The monoisotopic (exact) mass is 246 g/mol. The summed E-state index contributed by atoms with van der Waals surface area (Å²) in [4.78, 5) is 11.9. The lowest BCUT2D eigenvalue weighted by atomic mass is 9.96. The van der Waals surface area contributed by atoms with Crippen LogP contribution in [0.15, 0.2) is 41.5 Å². The van der Waals surface area contributed by atoms with Gasteiger partial charge in [-0.2, -0.15) is 0 Å². The van der Waals surface area contributed by atoms with E-state index in [0.717, 1.165) is 24.8 Å². The summed E-state index contributed by atoms with van der Waals surface area (Å²) in [5, 5.41) is 0. The Labute approximate surface area is 110 Å². The highest BCUT2D eigenvalue weighted by molar-refractivity contribution is 5.89. The summed E-state index contributed by atoms with van der Waals surface area (Å²) < 4.78 is 5.12. The van der Waals surface area contributed by atoms with E-state index >= 15 is 0 Å². The van der Waals surface area contributed by atoms with Crippen LogP contribution in [0.5, 0.6) is 0 Å². The molecule has 0 spiro atoms. The van der Waals surface area contributed by atoms with E-state index in [1.165, 1.54) is 11.1 Å². The van der Waals surface area contributed by atoms with Gasteiger partial charge < -0.3 is 4.74 Å². The highest BCUT2D eigenvalue weighted by Gasteiger charge is 2.13. The van der Waals surface area contributed by atoms with Crippen molar-refractivity contribution in [3.63, 3.8) is 0 Å². The molecule has 0 aliphatic rings. The van der Waals surface area contributed by atoms with E-state index in [4.69, 9.17) is 4.74 Å². The minimum Gasteiger partial charge on any atom is -0.463 e. The topological polar surface area (TPSA) is 26.3 Å². The maximum atomic E-state index is 11.9. The summed E-state index contributed by atoms with van der Waals surface area (Å²) in [6.45, 7) is 6.37. The molecule has 0 heterocycles. The van der Waals surface area contributed by atoms with Gasteiger partial charge in [-0.3, -0.25) is 0 Å². The van der Waals surface area contributed by atoms with E-state index in [1.807, 2.05) is 32.0 Å². The molecule has 0 saturated carbocycles. The normalized spacial score (nSPS) is 11.9. The van der Waals surface area contributed by atoms with Crippen LogP contribution in [0.4, 0.5) is 0 Å². The third kappa shape index (κ3) is 4.02. The first-order chi connectivity index (χ1) is 8.72. The van der Waals surface area contributed by atoms with Crippen molar-refractivity contribution in [2.75, 3.05) is 6.61 Å². The van der Waals surface area contributed by atoms with Crippen LogP contribution >= 0.6 is 0 Å². The fraction of sp³-hybridized carbons (Fsp3) is 0.438. The predicted octanol–water partition coefficient (Wildman–Crippen LogP) is 3.91. The Morgan fingerprint density at radius 3 is 2.22 bits per heavy atom. The molecular weight excluding hydrogens is 224 g/mol. The Kier molecular flexibility index (Phi) is 6.20. The van der Waals surface area contributed by atoms with Gasteiger partial charge in [0.05, 0.1) is 6.61 Å². The molecule has 2 heteroatoms. The lowest BCUT2D eigenvalue weighted by molar-refractivity contribution is -0.138. The van der Waals surface area contributed by atoms with Gasteiger partial charge in [-0.05, 0) is 31.7 Å². The molecule has 0 aromatic heterocycles. The van der Waals surface area contributed by atoms with Crippen molar-refractivity contribution in [3.05, 3.63) is 47.0 Å². The fourth-order valence-corrected chi connectivity index (χ4v) is 2.04. The molecule has 0 bridgehead atoms. The molecule has 1 aromatic carbocycles. The quantitative estimate of drug-likeness (QED) is 0.562. The average molecular weight is 246 g/mol. The number of allylic oxidation sites excluding steroid dienone is 1. The molecular formula is C16H22O2. The number of hydrogen-bond donors (Lipinski definition) is 0. The van der Waals surface area contributed by atoms with Crippen LogP contribution in [-0.2, 0) is 16.0 Å². The number of ether oxygens (including phenoxy) is 1. The zero-order valence-corrected chi connectivity index (χ0v) is 11.5. The SMILES string of the molecule is CCOC(=O)C(CC)=C(CC)Cc1ccccc1. The van der Waals surface area contributed by atoms with Crippen molar-refractivity contribution < 1.29 is 9.53 Å². The first-order valence-corrected chi connectivity index (χ1v) is 6.64. The maximum absolute atomic E-state index is 11.9. The van der Waals surface area contributed by atoms with Crippen LogP contribution in [0, 0.1) is 0 Å².